The van der Waals surface area contributed by atoms with E-state index in [-0.39, 0.29) is 27.1 Å². The molecule has 1 atom stereocenters. The molecule has 4 aromatic carbocycles. The number of hydrogen-bond acceptors (Lipinski definition) is 2. The molecule has 7 rings (SSSR count). The number of rotatable bonds is 6. The van der Waals surface area contributed by atoms with Gasteiger partial charge in [0.1, 0.15) is 0 Å². The fraction of sp³-hybridized carbons (Fsp3) is 0.442. The van der Waals surface area contributed by atoms with Gasteiger partial charge in [-0.1, -0.05) is 156 Å². The standard InChI is InChI=1S/C52H65N2P/c1-34-17-14-20-41(54-34)33-53-44-21-15-18-35-23-25-52(46(35)44)26-24-36-19-16-22-45(47(36)52)55(42-29-37(48(2,3)4)27-38(30-42)49(5,6)7)43-31-39(50(8,9)10)28-40(32-43)51(11,12)13/h14-22,27-32,53H,23-26,33H2,1-13H3/t52-/m1/s1. The summed E-state index contributed by atoms with van der Waals surface area (Å²) in [5, 5.41) is 8.42. The van der Waals surface area contributed by atoms with Gasteiger partial charge in [-0.15, -0.1) is 0 Å². The Morgan fingerprint density at radius 1 is 0.564 bits per heavy atom. The third-order valence-electron chi connectivity index (χ3n) is 12.3. The predicted octanol–water partition coefficient (Wildman–Crippen LogP) is 12.1. The fourth-order valence-corrected chi connectivity index (χ4v) is 11.8. The van der Waals surface area contributed by atoms with Crippen LogP contribution in [0.1, 0.15) is 152 Å². The Hall–Kier alpha value is -3.74. The number of aryl methyl sites for hydroxylation is 3. The van der Waals surface area contributed by atoms with E-state index in [1.54, 1.807) is 16.4 Å². The maximum absolute atomic E-state index is 4.85. The topological polar surface area (TPSA) is 24.9 Å². The van der Waals surface area contributed by atoms with Gasteiger partial charge in [0.25, 0.3) is 0 Å². The number of aromatic nitrogens is 1. The summed E-state index contributed by atoms with van der Waals surface area (Å²) in [6.07, 6.45) is 4.54. The molecule has 0 bridgehead atoms. The lowest BCUT2D eigenvalue weighted by Gasteiger charge is -2.35. The molecular formula is C52H65N2P. The van der Waals surface area contributed by atoms with Gasteiger partial charge < -0.3 is 5.32 Å². The first-order valence-electron chi connectivity index (χ1n) is 20.7. The smallest absolute Gasteiger partial charge is 0.0597 e. The SMILES string of the molecule is Cc1cccc(CNc2cccc3c2[C@@]2(CC3)CCc3cccc(P(c4cc(C(C)(C)C)cc(C(C)(C)C)c4)c4cc(C(C)(C)C)cc(C(C)(C)C)c4)c32)n1. The normalized spacial score (nSPS) is 17.2. The van der Waals surface area contributed by atoms with Crippen molar-refractivity contribution in [1.29, 1.82) is 0 Å². The van der Waals surface area contributed by atoms with E-state index in [0.717, 1.165) is 43.6 Å². The first-order valence-corrected chi connectivity index (χ1v) is 22.0. The van der Waals surface area contributed by atoms with Gasteiger partial charge >= 0.3 is 0 Å². The molecule has 0 amide bonds. The van der Waals surface area contributed by atoms with E-state index in [1.807, 2.05) is 0 Å². The molecule has 2 aliphatic carbocycles. The van der Waals surface area contributed by atoms with Gasteiger partial charge in [0.2, 0.25) is 0 Å². The van der Waals surface area contributed by atoms with Crippen molar-refractivity contribution in [3.05, 3.63) is 147 Å². The molecular weight excluding hydrogens is 684 g/mol. The largest absolute Gasteiger partial charge is 0.379 e. The molecule has 55 heavy (non-hydrogen) atoms. The van der Waals surface area contributed by atoms with Crippen molar-refractivity contribution < 1.29 is 0 Å². The average molecular weight is 749 g/mol. The summed E-state index contributed by atoms with van der Waals surface area (Å²) < 4.78 is 0. The Balaban J connectivity index is 1.50. The third kappa shape index (κ3) is 7.70. The zero-order chi connectivity index (χ0) is 39.7. The van der Waals surface area contributed by atoms with E-state index in [4.69, 9.17) is 4.98 Å². The highest BCUT2D eigenvalue weighted by atomic mass is 31.1. The number of benzene rings is 4. The molecule has 0 radical (unpaired) electrons. The number of nitrogens with zero attached hydrogens (tertiary/aromatic N) is 1. The molecule has 3 heteroatoms. The zero-order valence-electron chi connectivity index (χ0n) is 36.1. The van der Waals surface area contributed by atoms with Gasteiger partial charge in [0.05, 0.1) is 12.2 Å². The summed E-state index contributed by atoms with van der Waals surface area (Å²) in [6, 6.07) is 36.0. The lowest BCUT2D eigenvalue weighted by molar-refractivity contribution is 0.510. The first kappa shape index (κ1) is 39.5. The van der Waals surface area contributed by atoms with Crippen LogP contribution < -0.4 is 21.2 Å². The molecule has 2 aliphatic rings. The van der Waals surface area contributed by atoms with Gasteiger partial charge in [-0.3, -0.25) is 4.98 Å². The highest BCUT2D eigenvalue weighted by molar-refractivity contribution is 7.80. The quantitative estimate of drug-likeness (QED) is 0.175. The Morgan fingerprint density at radius 2 is 1.02 bits per heavy atom. The van der Waals surface area contributed by atoms with Gasteiger partial charge in [-0.25, -0.2) is 0 Å². The Labute approximate surface area is 334 Å². The van der Waals surface area contributed by atoms with Crippen LogP contribution in [-0.2, 0) is 46.5 Å². The molecule has 288 valence electrons. The number of pyridine rings is 1. The first-order chi connectivity index (χ1) is 25.6. The maximum atomic E-state index is 4.85. The second-order valence-electron chi connectivity index (χ2n) is 20.7. The van der Waals surface area contributed by atoms with Gasteiger partial charge in [0.15, 0.2) is 0 Å². The minimum absolute atomic E-state index is 0.0256. The van der Waals surface area contributed by atoms with Crippen LogP contribution in [0.2, 0.25) is 0 Å². The highest BCUT2D eigenvalue weighted by Crippen LogP contribution is 2.56. The van der Waals surface area contributed by atoms with Crippen LogP contribution in [-0.4, -0.2) is 4.98 Å². The summed E-state index contributed by atoms with van der Waals surface area (Å²) in [6.45, 7) is 31.4. The minimum Gasteiger partial charge on any atom is -0.379 e. The molecule has 1 N–H and O–H groups in total. The van der Waals surface area contributed by atoms with E-state index in [1.165, 1.54) is 49.7 Å². The second kappa shape index (κ2) is 14.0. The minimum atomic E-state index is -0.921. The van der Waals surface area contributed by atoms with Crippen LogP contribution in [0, 0.1) is 6.92 Å². The van der Waals surface area contributed by atoms with Crippen molar-refractivity contribution in [2.75, 3.05) is 5.32 Å². The molecule has 0 aliphatic heterocycles. The van der Waals surface area contributed by atoms with Crippen molar-refractivity contribution in [3.63, 3.8) is 0 Å². The summed E-state index contributed by atoms with van der Waals surface area (Å²) in [7, 11) is -0.921. The van der Waals surface area contributed by atoms with Crippen LogP contribution in [0.15, 0.2) is 91.0 Å². The summed E-state index contributed by atoms with van der Waals surface area (Å²) in [4.78, 5) is 4.85. The monoisotopic (exact) mass is 748 g/mol. The summed E-state index contributed by atoms with van der Waals surface area (Å²) in [5.41, 5.74) is 15.4. The summed E-state index contributed by atoms with van der Waals surface area (Å²) in [5.74, 6) is 0. The molecule has 1 heterocycles. The zero-order valence-corrected chi connectivity index (χ0v) is 37.0. The van der Waals surface area contributed by atoms with Crippen LogP contribution in [0.25, 0.3) is 0 Å². The predicted molar refractivity (Wildman–Crippen MR) is 240 cm³/mol. The average Bonchev–Trinajstić information content (AvgIpc) is 3.67. The number of fused-ring (bicyclic) bond motifs is 4. The van der Waals surface area contributed by atoms with Crippen molar-refractivity contribution in [2.24, 2.45) is 0 Å². The lowest BCUT2D eigenvalue weighted by Crippen LogP contribution is -2.33. The fourth-order valence-electron chi connectivity index (χ4n) is 9.02. The van der Waals surface area contributed by atoms with Crippen molar-refractivity contribution in [1.82, 2.24) is 4.98 Å². The molecule has 0 fully saturated rings. The van der Waals surface area contributed by atoms with Gasteiger partial charge in [-0.05, 0) is 141 Å². The molecule has 1 spiro atoms. The van der Waals surface area contributed by atoms with E-state index in [2.05, 4.69) is 186 Å². The van der Waals surface area contributed by atoms with Crippen LogP contribution >= 0.6 is 7.92 Å². The molecule has 1 aromatic heterocycles. The molecule has 0 unspecified atom stereocenters. The van der Waals surface area contributed by atoms with E-state index < -0.39 is 7.92 Å². The van der Waals surface area contributed by atoms with Crippen LogP contribution in [0.4, 0.5) is 5.69 Å². The maximum Gasteiger partial charge on any atom is 0.0597 e. The Kier molecular flexibility index (Phi) is 10.1. The molecule has 0 saturated heterocycles. The van der Waals surface area contributed by atoms with Gasteiger partial charge in [-0.2, -0.15) is 0 Å². The Bertz CT molecular complexity index is 2090. The van der Waals surface area contributed by atoms with Gasteiger partial charge in [0, 0.05) is 16.8 Å². The molecule has 5 aromatic rings. The van der Waals surface area contributed by atoms with E-state index in [0.29, 0.717) is 0 Å². The van der Waals surface area contributed by atoms with Crippen LogP contribution in [0.5, 0.6) is 0 Å². The van der Waals surface area contributed by atoms with Crippen molar-refractivity contribution in [3.8, 4) is 0 Å². The number of anilines is 1. The second-order valence-corrected chi connectivity index (χ2v) is 22.9. The van der Waals surface area contributed by atoms with Crippen molar-refractivity contribution >= 4 is 29.5 Å². The van der Waals surface area contributed by atoms with E-state index in [9.17, 15) is 0 Å². The lowest BCUT2D eigenvalue weighted by atomic mass is 9.76. The van der Waals surface area contributed by atoms with E-state index >= 15 is 0 Å². The highest BCUT2D eigenvalue weighted by Gasteiger charge is 2.48. The van der Waals surface area contributed by atoms with Crippen LogP contribution in [0.3, 0.4) is 0 Å². The van der Waals surface area contributed by atoms with Crippen molar-refractivity contribution in [2.45, 2.75) is 149 Å². The number of nitrogens with one attached hydrogen (secondary N) is 1. The summed E-state index contributed by atoms with van der Waals surface area (Å²) >= 11 is 0. The molecule has 0 saturated carbocycles. The third-order valence-corrected chi connectivity index (χ3v) is 14.7. The number of hydrogen-bond donors (Lipinski definition) is 1. The Morgan fingerprint density at radius 3 is 1.49 bits per heavy atom. The molecule has 2 nitrogen and oxygen atoms in total.